The number of carboxylic acids is 1. The van der Waals surface area contributed by atoms with Crippen LogP contribution in [0, 0.1) is 19.8 Å². The quantitative estimate of drug-likeness (QED) is 0.262. The van der Waals surface area contributed by atoms with E-state index in [1.807, 2.05) is 26.8 Å². The van der Waals surface area contributed by atoms with Crippen molar-refractivity contribution < 1.29 is 24.2 Å². The van der Waals surface area contributed by atoms with Gasteiger partial charge in [0.1, 0.15) is 11.9 Å². The molecule has 0 heterocycles. The summed E-state index contributed by atoms with van der Waals surface area (Å²) >= 11 is 0. The highest BCUT2D eigenvalue weighted by molar-refractivity contribution is 5.96. The van der Waals surface area contributed by atoms with Crippen LogP contribution in [-0.4, -0.2) is 22.9 Å². The van der Waals surface area contributed by atoms with Gasteiger partial charge in [-0.3, -0.25) is 14.4 Å². The van der Waals surface area contributed by atoms with Crippen molar-refractivity contribution in [3.63, 3.8) is 0 Å². The molecule has 2 amide bonds. The van der Waals surface area contributed by atoms with Gasteiger partial charge >= 0.3 is 5.97 Å². The number of primary amides is 1. The molecule has 0 spiro atoms. The summed E-state index contributed by atoms with van der Waals surface area (Å²) in [5, 5.41) is 12.5. The van der Waals surface area contributed by atoms with Crippen molar-refractivity contribution in [3.05, 3.63) is 99.6 Å². The van der Waals surface area contributed by atoms with Crippen LogP contribution in [0.2, 0.25) is 0 Å². The summed E-state index contributed by atoms with van der Waals surface area (Å²) in [7, 11) is 0. The molecule has 0 aliphatic heterocycles. The molecule has 4 N–H and O–H groups in total. The molecule has 2 atom stereocenters. The summed E-state index contributed by atoms with van der Waals surface area (Å²) in [5.74, 6) is -0.781. The molecule has 7 heteroatoms. The predicted molar refractivity (Wildman–Crippen MR) is 152 cm³/mol. The molecule has 0 aliphatic rings. The van der Waals surface area contributed by atoms with E-state index in [1.165, 1.54) is 0 Å². The van der Waals surface area contributed by atoms with Gasteiger partial charge in [0.15, 0.2) is 0 Å². The average molecular weight is 531 g/mol. The average Bonchev–Trinajstić information content (AvgIpc) is 2.86. The number of nitrogens with one attached hydrogen (secondary N) is 1. The molecule has 3 aromatic carbocycles. The molecule has 0 radical (unpaired) electrons. The Kier molecular flexibility index (Phi) is 9.88. The summed E-state index contributed by atoms with van der Waals surface area (Å²) in [6.45, 7) is 10.2. The fraction of sp³-hybridized carbons (Fsp3) is 0.344. The number of carboxylic acid groups (broad SMARTS) is 1. The Morgan fingerprint density at radius 2 is 1.54 bits per heavy atom. The predicted octanol–water partition coefficient (Wildman–Crippen LogP) is 6.08. The van der Waals surface area contributed by atoms with Crippen LogP contribution in [0.1, 0.15) is 94.3 Å². The van der Waals surface area contributed by atoms with Crippen molar-refractivity contribution in [2.75, 3.05) is 0 Å². The van der Waals surface area contributed by atoms with Gasteiger partial charge in [-0.15, -0.1) is 0 Å². The summed E-state index contributed by atoms with van der Waals surface area (Å²) in [6, 6.07) is 18.1. The van der Waals surface area contributed by atoms with Gasteiger partial charge in [-0.25, -0.2) is 0 Å². The summed E-state index contributed by atoms with van der Waals surface area (Å²) < 4.78 is 6.06. The minimum Gasteiger partial charge on any atom is -0.486 e. The number of aryl methyl sites for hydroxylation is 3. The smallest absolute Gasteiger partial charge is 0.303 e. The van der Waals surface area contributed by atoms with Gasteiger partial charge in [-0.2, -0.15) is 0 Å². The van der Waals surface area contributed by atoms with Crippen LogP contribution in [0.4, 0.5) is 0 Å². The SMILES string of the molecule is Cc1cc(C)cc(C(CC(C)C)NC(=O)c2cc(C(C)Oc3ccc(C(N)=O)cc3)ccc2CCC(=O)O)c1. The Bertz CT molecular complexity index is 1310. The number of amides is 2. The second kappa shape index (κ2) is 13.1. The Balaban J connectivity index is 1.91. The maximum atomic E-state index is 13.7. The summed E-state index contributed by atoms with van der Waals surface area (Å²) in [5.41, 5.74) is 10.9. The number of aliphatic carboxylic acids is 1. The number of hydrogen-bond acceptors (Lipinski definition) is 4. The Labute approximate surface area is 230 Å². The van der Waals surface area contributed by atoms with Crippen molar-refractivity contribution >= 4 is 17.8 Å². The topological polar surface area (TPSA) is 119 Å². The fourth-order valence-corrected chi connectivity index (χ4v) is 4.68. The highest BCUT2D eigenvalue weighted by atomic mass is 16.5. The van der Waals surface area contributed by atoms with E-state index in [0.717, 1.165) is 28.7 Å². The maximum absolute atomic E-state index is 13.7. The number of rotatable bonds is 12. The first kappa shape index (κ1) is 29.4. The Morgan fingerprint density at radius 1 is 0.897 bits per heavy atom. The van der Waals surface area contributed by atoms with Gasteiger partial charge in [-0.05, 0) is 86.6 Å². The zero-order chi connectivity index (χ0) is 28.7. The van der Waals surface area contributed by atoms with E-state index >= 15 is 0 Å². The molecule has 0 fully saturated rings. The first-order valence-corrected chi connectivity index (χ1v) is 13.2. The second-order valence-corrected chi connectivity index (χ2v) is 10.5. The number of benzene rings is 3. The highest BCUT2D eigenvalue weighted by Crippen LogP contribution is 2.27. The van der Waals surface area contributed by atoms with E-state index in [4.69, 9.17) is 10.5 Å². The molecule has 3 rings (SSSR count). The molecule has 0 aliphatic carbocycles. The van der Waals surface area contributed by atoms with E-state index < -0.39 is 18.0 Å². The van der Waals surface area contributed by atoms with E-state index in [2.05, 4.69) is 37.4 Å². The molecular weight excluding hydrogens is 492 g/mol. The van der Waals surface area contributed by atoms with Crippen molar-refractivity contribution in [2.24, 2.45) is 11.7 Å². The third kappa shape index (κ3) is 8.43. The van der Waals surface area contributed by atoms with Crippen molar-refractivity contribution in [3.8, 4) is 5.75 Å². The lowest BCUT2D eigenvalue weighted by molar-refractivity contribution is -0.136. The van der Waals surface area contributed by atoms with Crippen LogP contribution in [-0.2, 0) is 11.2 Å². The molecule has 0 saturated heterocycles. The first-order chi connectivity index (χ1) is 18.4. The number of ether oxygens (including phenoxy) is 1. The zero-order valence-corrected chi connectivity index (χ0v) is 23.3. The van der Waals surface area contributed by atoms with E-state index in [0.29, 0.717) is 28.4 Å². The lowest BCUT2D eigenvalue weighted by Crippen LogP contribution is -2.30. The van der Waals surface area contributed by atoms with Crippen LogP contribution < -0.4 is 15.8 Å². The number of carbonyl (C=O) groups excluding carboxylic acids is 2. The van der Waals surface area contributed by atoms with Gasteiger partial charge in [0.25, 0.3) is 5.91 Å². The summed E-state index contributed by atoms with van der Waals surface area (Å²) in [4.78, 5) is 36.4. The van der Waals surface area contributed by atoms with Gasteiger partial charge in [0.05, 0.1) is 6.04 Å². The van der Waals surface area contributed by atoms with E-state index in [1.54, 1.807) is 36.4 Å². The molecule has 39 heavy (non-hydrogen) atoms. The van der Waals surface area contributed by atoms with Crippen molar-refractivity contribution in [1.82, 2.24) is 5.32 Å². The standard InChI is InChI=1S/C32H38N2O5/c1-19(2)14-29(26-16-20(3)15-21(4)17-26)34-32(38)28-18-25(7-6-23(28)10-13-30(35)36)22(5)39-27-11-8-24(9-12-27)31(33)37/h6-9,11-12,15-19,22,29H,10,13-14H2,1-5H3,(H2,33,37)(H,34,38)(H,35,36). The Morgan fingerprint density at radius 3 is 2.10 bits per heavy atom. The van der Waals surface area contributed by atoms with E-state index in [-0.39, 0.29) is 24.8 Å². The lowest BCUT2D eigenvalue weighted by Gasteiger charge is -2.23. The van der Waals surface area contributed by atoms with Crippen LogP contribution in [0.3, 0.4) is 0 Å². The second-order valence-electron chi connectivity index (χ2n) is 10.5. The monoisotopic (exact) mass is 530 g/mol. The summed E-state index contributed by atoms with van der Waals surface area (Å²) in [6.07, 6.45) is 0.514. The molecular formula is C32H38N2O5. The highest BCUT2D eigenvalue weighted by Gasteiger charge is 2.22. The first-order valence-electron chi connectivity index (χ1n) is 13.2. The van der Waals surface area contributed by atoms with Crippen molar-refractivity contribution in [2.45, 2.75) is 66.0 Å². The van der Waals surface area contributed by atoms with Gasteiger partial charge < -0.3 is 20.9 Å². The third-order valence-corrected chi connectivity index (χ3v) is 6.57. The van der Waals surface area contributed by atoms with Crippen LogP contribution in [0.15, 0.2) is 60.7 Å². The zero-order valence-electron chi connectivity index (χ0n) is 23.3. The molecule has 0 bridgehead atoms. The molecule has 7 nitrogen and oxygen atoms in total. The minimum absolute atomic E-state index is 0.0790. The third-order valence-electron chi connectivity index (χ3n) is 6.57. The Hall–Kier alpha value is -4.13. The number of carbonyl (C=O) groups is 3. The fourth-order valence-electron chi connectivity index (χ4n) is 4.68. The minimum atomic E-state index is -0.922. The van der Waals surface area contributed by atoms with Gasteiger partial charge in [0.2, 0.25) is 5.91 Å². The largest absolute Gasteiger partial charge is 0.486 e. The molecule has 2 unspecified atom stereocenters. The number of nitrogens with two attached hydrogens (primary N) is 1. The molecule has 206 valence electrons. The lowest BCUT2D eigenvalue weighted by atomic mass is 9.93. The maximum Gasteiger partial charge on any atom is 0.303 e. The van der Waals surface area contributed by atoms with Gasteiger partial charge in [-0.1, -0.05) is 55.3 Å². The number of hydrogen-bond donors (Lipinski definition) is 3. The molecule has 3 aromatic rings. The molecule has 0 saturated carbocycles. The molecule has 0 aromatic heterocycles. The van der Waals surface area contributed by atoms with E-state index in [9.17, 15) is 19.5 Å². The van der Waals surface area contributed by atoms with Gasteiger partial charge in [0, 0.05) is 17.5 Å². The van der Waals surface area contributed by atoms with Crippen LogP contribution in [0.25, 0.3) is 0 Å². The van der Waals surface area contributed by atoms with Crippen LogP contribution in [0.5, 0.6) is 5.75 Å². The normalized spacial score (nSPS) is 12.6. The van der Waals surface area contributed by atoms with Crippen LogP contribution >= 0.6 is 0 Å². The van der Waals surface area contributed by atoms with Crippen molar-refractivity contribution in [1.29, 1.82) is 0 Å².